The summed E-state index contributed by atoms with van der Waals surface area (Å²) in [7, 11) is 0. The molecule has 1 aromatic rings. The quantitative estimate of drug-likeness (QED) is 0.760. The molecular weight excluding hydrogens is 269 g/mol. The molecule has 0 spiro atoms. The zero-order valence-electron chi connectivity index (χ0n) is 9.99. The van der Waals surface area contributed by atoms with Crippen LogP contribution in [0, 0.1) is 18.3 Å². The molecule has 2 nitrogen and oxygen atoms in total. The molecule has 1 heterocycles. The molecule has 0 aliphatic carbocycles. The van der Waals surface area contributed by atoms with Gasteiger partial charge in [0, 0.05) is 18.9 Å². The van der Waals surface area contributed by atoms with Crippen LogP contribution in [0.25, 0.3) is 0 Å². The molecule has 1 fully saturated rings. The first-order chi connectivity index (χ1) is 8.52. The summed E-state index contributed by atoms with van der Waals surface area (Å²) in [6, 6.07) is 5.39. The minimum atomic E-state index is -0.0365. The second kappa shape index (κ2) is 5.22. The van der Waals surface area contributed by atoms with Crippen LogP contribution in [0.15, 0.2) is 18.2 Å². The van der Waals surface area contributed by atoms with E-state index in [2.05, 4.69) is 5.92 Å². The SMILES string of the molecule is C#CC1CC(=O)N(C(C)c2ccc(Cl)c(Cl)c2)C1. The van der Waals surface area contributed by atoms with Crippen molar-refractivity contribution in [1.82, 2.24) is 4.90 Å². The van der Waals surface area contributed by atoms with Gasteiger partial charge in [-0.2, -0.15) is 0 Å². The summed E-state index contributed by atoms with van der Waals surface area (Å²) in [5.41, 5.74) is 0.968. The summed E-state index contributed by atoms with van der Waals surface area (Å²) in [5, 5.41) is 1.02. The summed E-state index contributed by atoms with van der Waals surface area (Å²) >= 11 is 11.9. The highest BCUT2D eigenvalue weighted by atomic mass is 35.5. The number of carbonyl (C=O) groups is 1. The molecule has 1 amide bonds. The number of terminal acetylenes is 1. The molecule has 1 aliphatic rings. The molecule has 94 valence electrons. The maximum absolute atomic E-state index is 11.9. The molecule has 1 saturated heterocycles. The molecule has 18 heavy (non-hydrogen) atoms. The van der Waals surface area contributed by atoms with E-state index in [0.717, 1.165) is 5.56 Å². The lowest BCUT2D eigenvalue weighted by Crippen LogP contribution is -2.28. The van der Waals surface area contributed by atoms with Crippen LogP contribution in [0.4, 0.5) is 0 Å². The smallest absolute Gasteiger partial charge is 0.224 e. The van der Waals surface area contributed by atoms with Crippen molar-refractivity contribution in [1.29, 1.82) is 0 Å². The van der Waals surface area contributed by atoms with E-state index in [1.165, 1.54) is 0 Å². The highest BCUT2D eigenvalue weighted by Crippen LogP contribution is 2.31. The Kier molecular flexibility index (Phi) is 3.85. The van der Waals surface area contributed by atoms with Crippen LogP contribution in [0.3, 0.4) is 0 Å². The van der Waals surface area contributed by atoms with Crippen LogP contribution in [-0.4, -0.2) is 17.4 Å². The fourth-order valence-corrected chi connectivity index (χ4v) is 2.48. The Hall–Kier alpha value is -1.17. The number of amides is 1. The summed E-state index contributed by atoms with van der Waals surface area (Å²) in [6.07, 6.45) is 5.81. The van der Waals surface area contributed by atoms with Crippen molar-refractivity contribution in [2.45, 2.75) is 19.4 Å². The fraction of sp³-hybridized carbons (Fsp3) is 0.357. The van der Waals surface area contributed by atoms with Crippen molar-refractivity contribution in [3.63, 3.8) is 0 Å². The standard InChI is InChI=1S/C14H13Cl2NO/c1-3-10-6-14(18)17(8-10)9(2)11-4-5-12(15)13(16)7-11/h1,4-5,7,9-10H,6,8H2,2H3. The molecule has 1 aliphatic heterocycles. The van der Waals surface area contributed by atoms with Crippen LogP contribution < -0.4 is 0 Å². The van der Waals surface area contributed by atoms with E-state index in [-0.39, 0.29) is 17.9 Å². The van der Waals surface area contributed by atoms with Crippen molar-refractivity contribution >= 4 is 29.1 Å². The Bertz CT molecular complexity index is 521. The van der Waals surface area contributed by atoms with Gasteiger partial charge in [0.15, 0.2) is 0 Å². The van der Waals surface area contributed by atoms with E-state index in [9.17, 15) is 4.79 Å². The third-order valence-corrected chi connectivity index (χ3v) is 4.03. The van der Waals surface area contributed by atoms with Crippen molar-refractivity contribution in [2.75, 3.05) is 6.54 Å². The lowest BCUT2D eigenvalue weighted by Gasteiger charge is -2.25. The maximum atomic E-state index is 11.9. The van der Waals surface area contributed by atoms with Gasteiger partial charge in [0.25, 0.3) is 0 Å². The highest BCUT2D eigenvalue weighted by Gasteiger charge is 2.32. The number of nitrogens with zero attached hydrogens (tertiary/aromatic N) is 1. The van der Waals surface area contributed by atoms with Crippen LogP contribution in [0.1, 0.15) is 24.9 Å². The molecule has 0 N–H and O–H groups in total. The molecule has 2 rings (SSSR count). The Morgan fingerprint density at radius 3 is 2.72 bits per heavy atom. The van der Waals surface area contributed by atoms with E-state index in [1.54, 1.807) is 17.0 Å². The average molecular weight is 282 g/mol. The van der Waals surface area contributed by atoms with Gasteiger partial charge in [0.1, 0.15) is 0 Å². The number of hydrogen-bond acceptors (Lipinski definition) is 1. The number of hydrogen-bond donors (Lipinski definition) is 0. The van der Waals surface area contributed by atoms with Gasteiger partial charge >= 0.3 is 0 Å². The number of likely N-dealkylation sites (tertiary alicyclic amines) is 1. The van der Waals surface area contributed by atoms with E-state index >= 15 is 0 Å². The monoisotopic (exact) mass is 281 g/mol. The van der Waals surface area contributed by atoms with Gasteiger partial charge in [-0.25, -0.2) is 0 Å². The van der Waals surface area contributed by atoms with Crippen LogP contribution in [0.2, 0.25) is 10.0 Å². The lowest BCUT2D eigenvalue weighted by molar-refractivity contribution is -0.129. The van der Waals surface area contributed by atoms with E-state index in [1.807, 2.05) is 13.0 Å². The molecular formula is C14H13Cl2NO. The van der Waals surface area contributed by atoms with Gasteiger partial charge in [0.05, 0.1) is 16.1 Å². The molecule has 0 radical (unpaired) electrons. The van der Waals surface area contributed by atoms with Crippen molar-refractivity contribution in [2.24, 2.45) is 5.92 Å². The van der Waals surface area contributed by atoms with Crippen molar-refractivity contribution in [3.05, 3.63) is 33.8 Å². The highest BCUT2D eigenvalue weighted by molar-refractivity contribution is 6.42. The van der Waals surface area contributed by atoms with E-state index in [0.29, 0.717) is 23.0 Å². The fourth-order valence-electron chi connectivity index (χ4n) is 2.17. The molecule has 4 heteroatoms. The first-order valence-electron chi connectivity index (χ1n) is 5.73. The molecule has 0 aromatic heterocycles. The van der Waals surface area contributed by atoms with Crippen LogP contribution in [-0.2, 0) is 4.79 Å². The summed E-state index contributed by atoms with van der Waals surface area (Å²) in [4.78, 5) is 13.7. The zero-order valence-corrected chi connectivity index (χ0v) is 11.5. The number of halogens is 2. The van der Waals surface area contributed by atoms with Gasteiger partial charge in [-0.05, 0) is 24.6 Å². The van der Waals surface area contributed by atoms with Gasteiger partial charge in [-0.1, -0.05) is 29.3 Å². The predicted molar refractivity (Wildman–Crippen MR) is 73.5 cm³/mol. The van der Waals surface area contributed by atoms with E-state index < -0.39 is 0 Å². The summed E-state index contributed by atoms with van der Waals surface area (Å²) < 4.78 is 0. The largest absolute Gasteiger partial charge is 0.335 e. The minimum absolute atomic E-state index is 0.0164. The Morgan fingerprint density at radius 1 is 1.44 bits per heavy atom. The topological polar surface area (TPSA) is 20.3 Å². The molecule has 0 saturated carbocycles. The Morgan fingerprint density at radius 2 is 2.17 bits per heavy atom. The molecule has 2 unspecified atom stereocenters. The second-order valence-corrected chi connectivity index (χ2v) is 5.28. The predicted octanol–water partition coefficient (Wildman–Crippen LogP) is 3.54. The zero-order chi connectivity index (χ0) is 13.3. The average Bonchev–Trinajstić information content (AvgIpc) is 2.73. The summed E-state index contributed by atoms with van der Waals surface area (Å²) in [5.74, 6) is 2.75. The molecule has 0 bridgehead atoms. The van der Waals surface area contributed by atoms with Gasteiger partial charge < -0.3 is 4.90 Å². The first kappa shape index (κ1) is 13.3. The van der Waals surface area contributed by atoms with Gasteiger partial charge in [0.2, 0.25) is 5.91 Å². The second-order valence-electron chi connectivity index (χ2n) is 4.46. The number of benzene rings is 1. The van der Waals surface area contributed by atoms with Crippen molar-refractivity contribution < 1.29 is 4.79 Å². The normalized spacial score (nSPS) is 20.9. The Labute approximate surface area is 117 Å². The van der Waals surface area contributed by atoms with Gasteiger partial charge in [-0.3, -0.25) is 4.79 Å². The molecule has 1 aromatic carbocycles. The molecule has 2 atom stereocenters. The van der Waals surface area contributed by atoms with E-state index in [4.69, 9.17) is 29.6 Å². The maximum Gasteiger partial charge on any atom is 0.224 e. The van der Waals surface area contributed by atoms with Crippen LogP contribution in [0.5, 0.6) is 0 Å². The first-order valence-corrected chi connectivity index (χ1v) is 6.49. The van der Waals surface area contributed by atoms with Gasteiger partial charge in [-0.15, -0.1) is 12.3 Å². The minimum Gasteiger partial charge on any atom is -0.335 e. The lowest BCUT2D eigenvalue weighted by atomic mass is 10.1. The number of carbonyl (C=O) groups excluding carboxylic acids is 1. The third kappa shape index (κ3) is 2.48. The summed E-state index contributed by atoms with van der Waals surface area (Å²) in [6.45, 7) is 2.58. The van der Waals surface area contributed by atoms with Crippen LogP contribution >= 0.6 is 23.2 Å². The number of rotatable bonds is 2. The van der Waals surface area contributed by atoms with Crippen molar-refractivity contribution in [3.8, 4) is 12.3 Å². The Balaban J connectivity index is 2.21. The third-order valence-electron chi connectivity index (χ3n) is 3.29.